The minimum Gasteiger partial charge on any atom is -0.391 e. The lowest BCUT2D eigenvalue weighted by Gasteiger charge is -2.35. The lowest BCUT2D eigenvalue weighted by atomic mass is 9.85. The first-order chi connectivity index (χ1) is 18.0. The summed E-state index contributed by atoms with van der Waals surface area (Å²) in [5.41, 5.74) is 4.20. The molecule has 1 fully saturated rings. The minimum atomic E-state index is -0.843. The lowest BCUT2D eigenvalue weighted by Crippen LogP contribution is -2.57. The highest BCUT2D eigenvalue weighted by atomic mass is 32.1. The number of aryl methyl sites for hydroxylation is 1. The van der Waals surface area contributed by atoms with Crippen LogP contribution in [-0.4, -0.2) is 70.7 Å². The van der Waals surface area contributed by atoms with Crippen LogP contribution in [0.1, 0.15) is 58.2 Å². The Morgan fingerprint density at radius 1 is 1.21 bits per heavy atom. The summed E-state index contributed by atoms with van der Waals surface area (Å²) < 4.78 is 5.39. The third-order valence-electron chi connectivity index (χ3n) is 6.53. The number of amides is 3. The van der Waals surface area contributed by atoms with Crippen molar-refractivity contribution < 1.29 is 24.2 Å². The molecule has 1 aromatic carbocycles. The van der Waals surface area contributed by atoms with Crippen LogP contribution in [-0.2, 0) is 25.7 Å². The molecule has 3 atom stereocenters. The number of aliphatic hydroxyl groups excluding tert-OH is 1. The fourth-order valence-electron chi connectivity index (χ4n) is 4.42. The van der Waals surface area contributed by atoms with Gasteiger partial charge in [-0.3, -0.25) is 14.4 Å². The van der Waals surface area contributed by atoms with Gasteiger partial charge in [0, 0.05) is 32.5 Å². The van der Waals surface area contributed by atoms with Gasteiger partial charge in [0.2, 0.25) is 17.7 Å². The number of aliphatic hydroxyl groups is 1. The maximum Gasteiger partial charge on any atom is 0.246 e. The molecule has 1 aliphatic rings. The zero-order valence-corrected chi connectivity index (χ0v) is 23.8. The van der Waals surface area contributed by atoms with Gasteiger partial charge in [-0.2, -0.15) is 0 Å². The number of ether oxygens (including phenoxy) is 1. The topological polar surface area (TPSA) is 121 Å². The highest BCUT2D eigenvalue weighted by molar-refractivity contribution is 7.13. The predicted octanol–water partition coefficient (Wildman–Crippen LogP) is 3.04. The van der Waals surface area contributed by atoms with Crippen molar-refractivity contribution in [2.75, 3.05) is 19.8 Å². The molecule has 208 valence electrons. The second-order valence-electron chi connectivity index (χ2n) is 10.8. The summed E-state index contributed by atoms with van der Waals surface area (Å²) in [7, 11) is 0. The van der Waals surface area contributed by atoms with Crippen molar-refractivity contribution in [2.24, 2.45) is 5.41 Å². The summed E-state index contributed by atoms with van der Waals surface area (Å²) in [6.45, 7) is 10.8. The van der Waals surface area contributed by atoms with E-state index in [1.807, 2.05) is 64.4 Å². The Morgan fingerprint density at radius 2 is 1.92 bits per heavy atom. The number of hydrogen-bond acceptors (Lipinski definition) is 7. The minimum absolute atomic E-state index is 0.0435. The van der Waals surface area contributed by atoms with Crippen molar-refractivity contribution in [3.63, 3.8) is 0 Å². The second kappa shape index (κ2) is 13.3. The van der Waals surface area contributed by atoms with Gasteiger partial charge in [0.05, 0.1) is 28.8 Å². The third kappa shape index (κ3) is 7.85. The molecule has 38 heavy (non-hydrogen) atoms. The van der Waals surface area contributed by atoms with Crippen LogP contribution >= 0.6 is 11.3 Å². The normalized spacial score (nSPS) is 18.3. The predicted molar refractivity (Wildman–Crippen MR) is 147 cm³/mol. The van der Waals surface area contributed by atoms with E-state index in [4.69, 9.17) is 4.74 Å². The largest absolute Gasteiger partial charge is 0.391 e. The van der Waals surface area contributed by atoms with Gasteiger partial charge in [-0.25, -0.2) is 4.98 Å². The number of nitrogens with zero attached hydrogens (tertiary/aromatic N) is 2. The van der Waals surface area contributed by atoms with Crippen LogP contribution in [0.5, 0.6) is 0 Å². The summed E-state index contributed by atoms with van der Waals surface area (Å²) >= 11 is 1.59. The first-order valence-electron chi connectivity index (χ1n) is 13.1. The molecule has 2 heterocycles. The van der Waals surface area contributed by atoms with Gasteiger partial charge in [-0.05, 0) is 29.9 Å². The van der Waals surface area contributed by atoms with Crippen LogP contribution in [0, 0.1) is 12.3 Å². The van der Waals surface area contributed by atoms with Gasteiger partial charge < -0.3 is 25.4 Å². The monoisotopic (exact) mass is 544 g/mol. The Labute approximate surface area is 229 Å². The fourth-order valence-corrected chi connectivity index (χ4v) is 5.24. The standard InChI is InChI=1S/C28H40N4O5S/c1-6-12-37-13-11-23(34)31-25(28(3,4)5)27(36)32-16-21(33)14-22(32)26(35)29-15-19-7-9-20(10-8-19)24-18(2)30-17-38-24/h7-10,17,21-22,25,33H,6,11-16H2,1-5H3,(H,29,35)(H,31,34)/t21-,22+,25-/m1/s1. The smallest absolute Gasteiger partial charge is 0.246 e. The van der Waals surface area contributed by atoms with Crippen molar-refractivity contribution in [3.8, 4) is 10.4 Å². The average Bonchev–Trinajstić information content (AvgIpc) is 3.48. The molecule has 1 aromatic heterocycles. The van der Waals surface area contributed by atoms with Gasteiger partial charge in [-0.1, -0.05) is 52.0 Å². The number of β-amino-alcohol motifs (C(OH)–C–C–N with tert-alkyl or cyclic N) is 1. The summed E-state index contributed by atoms with van der Waals surface area (Å²) in [5, 5.41) is 16.1. The van der Waals surface area contributed by atoms with Crippen LogP contribution in [0.2, 0.25) is 0 Å². The zero-order chi connectivity index (χ0) is 27.9. The second-order valence-corrected chi connectivity index (χ2v) is 11.7. The molecule has 3 rings (SSSR count). The number of carbonyl (C=O) groups excluding carboxylic acids is 3. The Hall–Kier alpha value is -2.82. The van der Waals surface area contributed by atoms with E-state index in [1.165, 1.54) is 4.90 Å². The molecular weight excluding hydrogens is 504 g/mol. The van der Waals surface area contributed by atoms with Crippen molar-refractivity contribution >= 4 is 29.1 Å². The molecule has 0 unspecified atom stereocenters. The fraction of sp³-hybridized carbons (Fsp3) is 0.571. The number of thiazole rings is 1. The van der Waals surface area contributed by atoms with Crippen LogP contribution < -0.4 is 10.6 Å². The number of benzene rings is 1. The van der Waals surface area contributed by atoms with E-state index in [0.29, 0.717) is 13.2 Å². The zero-order valence-electron chi connectivity index (χ0n) is 23.0. The van der Waals surface area contributed by atoms with Gasteiger partial charge >= 0.3 is 0 Å². The molecule has 1 saturated heterocycles. The number of nitrogens with one attached hydrogen (secondary N) is 2. The average molecular weight is 545 g/mol. The molecule has 0 spiro atoms. The maximum absolute atomic E-state index is 13.6. The van der Waals surface area contributed by atoms with Gasteiger partial charge in [0.15, 0.2) is 0 Å². The highest BCUT2D eigenvalue weighted by Gasteiger charge is 2.44. The van der Waals surface area contributed by atoms with Crippen molar-refractivity contribution in [2.45, 2.75) is 78.6 Å². The van der Waals surface area contributed by atoms with Crippen molar-refractivity contribution in [1.82, 2.24) is 20.5 Å². The molecule has 3 N–H and O–H groups in total. The van der Waals surface area contributed by atoms with Crippen molar-refractivity contribution in [1.29, 1.82) is 0 Å². The summed E-state index contributed by atoms with van der Waals surface area (Å²) in [6.07, 6.45) is 0.351. The number of rotatable bonds is 11. The summed E-state index contributed by atoms with van der Waals surface area (Å²) in [4.78, 5) is 46.1. The Balaban J connectivity index is 1.63. The highest BCUT2D eigenvalue weighted by Crippen LogP contribution is 2.28. The molecule has 1 aliphatic heterocycles. The van der Waals surface area contributed by atoms with Crippen LogP contribution in [0.25, 0.3) is 10.4 Å². The molecule has 0 saturated carbocycles. The first kappa shape index (κ1) is 29.7. The molecule has 2 aromatic rings. The Morgan fingerprint density at radius 3 is 2.53 bits per heavy atom. The molecular formula is C28H40N4O5S. The molecule has 0 radical (unpaired) electrons. The van der Waals surface area contributed by atoms with E-state index in [1.54, 1.807) is 11.3 Å². The Bertz CT molecular complexity index is 1100. The Kier molecular flexibility index (Phi) is 10.4. The molecule has 3 amide bonds. The summed E-state index contributed by atoms with van der Waals surface area (Å²) in [5.74, 6) is -0.988. The number of carbonyl (C=O) groups is 3. The number of hydrogen-bond donors (Lipinski definition) is 3. The van der Waals surface area contributed by atoms with Gasteiger partial charge in [-0.15, -0.1) is 11.3 Å². The molecule has 10 heteroatoms. The van der Waals surface area contributed by atoms with E-state index >= 15 is 0 Å². The quantitative estimate of drug-likeness (QED) is 0.374. The van der Waals surface area contributed by atoms with E-state index in [9.17, 15) is 19.5 Å². The van der Waals surface area contributed by atoms with E-state index in [-0.39, 0.29) is 43.7 Å². The SMILES string of the molecule is CCCOCCC(=O)N[C@H](C(=O)N1C[C@H](O)C[C@H]1C(=O)NCc1ccc(-c2scnc2C)cc1)C(C)(C)C. The lowest BCUT2D eigenvalue weighted by molar-refractivity contribution is -0.144. The number of aromatic nitrogens is 1. The van der Waals surface area contributed by atoms with Crippen LogP contribution in [0.3, 0.4) is 0 Å². The number of likely N-dealkylation sites (tertiary alicyclic amines) is 1. The van der Waals surface area contributed by atoms with Crippen LogP contribution in [0.15, 0.2) is 29.8 Å². The van der Waals surface area contributed by atoms with E-state index in [0.717, 1.165) is 28.1 Å². The maximum atomic E-state index is 13.6. The van der Waals surface area contributed by atoms with E-state index in [2.05, 4.69) is 15.6 Å². The summed E-state index contributed by atoms with van der Waals surface area (Å²) in [6, 6.07) is 6.26. The molecule has 9 nitrogen and oxygen atoms in total. The molecule has 0 aliphatic carbocycles. The van der Waals surface area contributed by atoms with Crippen molar-refractivity contribution in [3.05, 3.63) is 41.0 Å². The third-order valence-corrected chi connectivity index (χ3v) is 7.51. The first-order valence-corrected chi connectivity index (χ1v) is 14.0. The van der Waals surface area contributed by atoms with Crippen LogP contribution in [0.4, 0.5) is 0 Å². The van der Waals surface area contributed by atoms with E-state index < -0.39 is 23.6 Å². The van der Waals surface area contributed by atoms with Gasteiger partial charge in [0.25, 0.3) is 0 Å². The van der Waals surface area contributed by atoms with Gasteiger partial charge in [0.1, 0.15) is 12.1 Å². The molecule has 0 bridgehead atoms.